The summed E-state index contributed by atoms with van der Waals surface area (Å²) in [6.45, 7) is 3.91. The fraction of sp³-hybridized carbons (Fsp3) is 0.423. The number of rotatable bonds is 11. The Hall–Kier alpha value is -2.40. The van der Waals surface area contributed by atoms with Crippen LogP contribution in [0.5, 0.6) is 5.75 Å². The minimum absolute atomic E-state index is 0.00434. The molecule has 3 nitrogen and oxygen atoms in total. The number of benzene rings is 2. The highest BCUT2D eigenvalue weighted by molar-refractivity contribution is 6.30. The zero-order chi connectivity index (χ0) is 23.1. The zero-order valence-electron chi connectivity index (χ0n) is 18.6. The first kappa shape index (κ1) is 24.2. The summed E-state index contributed by atoms with van der Waals surface area (Å²) < 4.78 is 33.4. The molecule has 0 saturated carbocycles. The molecule has 1 aliphatic carbocycles. The minimum atomic E-state index is -0.758. The van der Waals surface area contributed by atoms with Crippen LogP contribution in [0.2, 0.25) is 5.02 Å². The first-order valence-electron chi connectivity index (χ1n) is 11.2. The molecule has 172 valence electrons. The maximum atomic E-state index is 14.3. The molecule has 0 aromatic heterocycles. The lowest BCUT2D eigenvalue weighted by molar-refractivity contribution is -0.121. The van der Waals surface area contributed by atoms with Crippen molar-refractivity contribution in [1.29, 1.82) is 0 Å². The Morgan fingerprint density at radius 3 is 2.72 bits per heavy atom. The fourth-order valence-electron chi connectivity index (χ4n) is 4.17. The number of halogens is 3. The number of amides is 1. The Bertz CT molecular complexity index is 990. The van der Waals surface area contributed by atoms with Crippen LogP contribution < -0.4 is 10.1 Å². The predicted octanol–water partition coefficient (Wildman–Crippen LogP) is 7.09. The smallest absolute Gasteiger partial charge is 0.220 e. The van der Waals surface area contributed by atoms with Gasteiger partial charge in [0.1, 0.15) is 5.82 Å². The molecule has 2 aromatic rings. The predicted molar refractivity (Wildman–Crippen MR) is 125 cm³/mol. The van der Waals surface area contributed by atoms with Gasteiger partial charge in [-0.2, -0.15) is 0 Å². The summed E-state index contributed by atoms with van der Waals surface area (Å²) in [6, 6.07) is 6.48. The highest BCUT2D eigenvalue weighted by Gasteiger charge is 2.19. The van der Waals surface area contributed by atoms with E-state index in [-0.39, 0.29) is 30.4 Å². The summed E-state index contributed by atoms with van der Waals surface area (Å²) in [5.74, 6) is -1.25. The SMILES string of the molecule is CCOc1ccc(F)c(CNC(=O)CCCCCCC2C=Cc3c(C)cc(Cl)cc32)c1F. The summed E-state index contributed by atoms with van der Waals surface area (Å²) in [6.07, 6.45) is 9.63. The van der Waals surface area contributed by atoms with Gasteiger partial charge in [-0.25, -0.2) is 8.78 Å². The molecule has 0 fully saturated rings. The average molecular weight is 462 g/mol. The van der Waals surface area contributed by atoms with Crippen molar-refractivity contribution in [2.75, 3.05) is 6.61 Å². The second-order valence-electron chi connectivity index (χ2n) is 8.19. The average Bonchev–Trinajstić information content (AvgIpc) is 3.15. The van der Waals surface area contributed by atoms with Gasteiger partial charge in [-0.15, -0.1) is 0 Å². The van der Waals surface area contributed by atoms with E-state index in [2.05, 4.69) is 30.5 Å². The van der Waals surface area contributed by atoms with Crippen molar-refractivity contribution in [1.82, 2.24) is 5.32 Å². The second kappa shape index (κ2) is 11.5. The first-order chi connectivity index (χ1) is 15.4. The van der Waals surface area contributed by atoms with E-state index in [4.69, 9.17) is 16.3 Å². The summed E-state index contributed by atoms with van der Waals surface area (Å²) >= 11 is 6.22. The standard InChI is InChI=1S/C26H30ClF2NO2/c1-3-32-24-13-12-23(28)22(26(24)29)16-30-25(31)9-7-5-4-6-8-18-10-11-20-17(2)14-19(27)15-21(18)20/h10-15,18H,3-9,16H2,1-2H3,(H,30,31). The number of carbonyl (C=O) groups excluding carboxylic acids is 1. The van der Waals surface area contributed by atoms with Crippen LogP contribution >= 0.6 is 11.6 Å². The molecule has 0 aliphatic heterocycles. The number of nitrogens with one attached hydrogen (secondary N) is 1. The Kier molecular flexibility index (Phi) is 8.68. The fourth-order valence-corrected chi connectivity index (χ4v) is 4.45. The largest absolute Gasteiger partial charge is 0.491 e. The van der Waals surface area contributed by atoms with Crippen molar-refractivity contribution in [2.45, 2.75) is 64.8 Å². The van der Waals surface area contributed by atoms with E-state index in [1.807, 2.05) is 6.07 Å². The number of unbranched alkanes of at least 4 members (excludes halogenated alkanes) is 3. The van der Waals surface area contributed by atoms with Gasteiger partial charge >= 0.3 is 0 Å². The lowest BCUT2D eigenvalue weighted by Gasteiger charge is -2.13. The third-order valence-electron chi connectivity index (χ3n) is 5.86. The highest BCUT2D eigenvalue weighted by atomic mass is 35.5. The molecule has 3 rings (SSSR count). The summed E-state index contributed by atoms with van der Waals surface area (Å²) in [5, 5.41) is 3.39. The lowest BCUT2D eigenvalue weighted by Crippen LogP contribution is -2.23. The summed E-state index contributed by atoms with van der Waals surface area (Å²) in [5.41, 5.74) is 3.63. The van der Waals surface area contributed by atoms with Crippen LogP contribution in [0.4, 0.5) is 8.78 Å². The van der Waals surface area contributed by atoms with Crippen molar-refractivity contribution >= 4 is 23.6 Å². The molecule has 32 heavy (non-hydrogen) atoms. The normalized spacial score (nSPS) is 14.5. The molecule has 0 radical (unpaired) electrons. The number of hydrogen-bond donors (Lipinski definition) is 1. The monoisotopic (exact) mass is 461 g/mol. The van der Waals surface area contributed by atoms with Crippen molar-refractivity contribution in [3.63, 3.8) is 0 Å². The lowest BCUT2D eigenvalue weighted by atomic mass is 9.93. The van der Waals surface area contributed by atoms with Crippen molar-refractivity contribution in [2.24, 2.45) is 0 Å². The van der Waals surface area contributed by atoms with Crippen LogP contribution in [0, 0.1) is 18.6 Å². The van der Waals surface area contributed by atoms with E-state index in [0.717, 1.165) is 43.2 Å². The first-order valence-corrected chi connectivity index (χ1v) is 11.6. The zero-order valence-corrected chi connectivity index (χ0v) is 19.4. The van der Waals surface area contributed by atoms with E-state index in [0.29, 0.717) is 12.3 Å². The van der Waals surface area contributed by atoms with Crippen LogP contribution in [-0.2, 0) is 11.3 Å². The number of carbonyl (C=O) groups is 1. The molecule has 0 bridgehead atoms. The molecule has 1 N–H and O–H groups in total. The van der Waals surface area contributed by atoms with Crippen LogP contribution in [0.25, 0.3) is 6.08 Å². The molecule has 0 heterocycles. The molecule has 0 saturated heterocycles. The van der Waals surface area contributed by atoms with Gasteiger partial charge in [-0.3, -0.25) is 4.79 Å². The van der Waals surface area contributed by atoms with Gasteiger partial charge in [0.25, 0.3) is 0 Å². The quantitative estimate of drug-likeness (QED) is 0.362. The molecule has 6 heteroatoms. The van der Waals surface area contributed by atoms with Crippen molar-refractivity contribution in [3.05, 3.63) is 69.3 Å². The van der Waals surface area contributed by atoms with Crippen LogP contribution in [0.3, 0.4) is 0 Å². The molecule has 1 amide bonds. The highest BCUT2D eigenvalue weighted by Crippen LogP contribution is 2.37. The number of allylic oxidation sites excluding steroid dienone is 1. The van der Waals surface area contributed by atoms with Gasteiger partial charge in [-0.05, 0) is 67.6 Å². The van der Waals surface area contributed by atoms with E-state index in [1.54, 1.807) is 6.92 Å². The Balaban J connectivity index is 1.35. The second-order valence-corrected chi connectivity index (χ2v) is 8.63. The van der Waals surface area contributed by atoms with E-state index < -0.39 is 11.6 Å². The van der Waals surface area contributed by atoms with Gasteiger partial charge in [-0.1, -0.05) is 43.0 Å². The molecular weight excluding hydrogens is 432 g/mol. The van der Waals surface area contributed by atoms with Gasteiger partial charge in [0, 0.05) is 29.5 Å². The Labute approximate surface area is 193 Å². The number of hydrogen-bond acceptors (Lipinski definition) is 2. The molecule has 1 aliphatic rings. The summed E-state index contributed by atoms with van der Waals surface area (Å²) in [7, 11) is 0. The van der Waals surface area contributed by atoms with E-state index >= 15 is 0 Å². The van der Waals surface area contributed by atoms with Crippen molar-refractivity contribution < 1.29 is 18.3 Å². The van der Waals surface area contributed by atoms with E-state index in [9.17, 15) is 13.6 Å². The van der Waals surface area contributed by atoms with Gasteiger partial charge in [0.15, 0.2) is 11.6 Å². The number of ether oxygens (including phenoxy) is 1. The van der Waals surface area contributed by atoms with Crippen LogP contribution in [0.1, 0.15) is 73.6 Å². The maximum absolute atomic E-state index is 14.3. The number of aryl methyl sites for hydroxylation is 1. The van der Waals surface area contributed by atoms with Crippen molar-refractivity contribution in [3.8, 4) is 5.75 Å². The van der Waals surface area contributed by atoms with Gasteiger partial charge in [0.2, 0.25) is 5.91 Å². The Morgan fingerprint density at radius 1 is 1.16 bits per heavy atom. The molecule has 0 spiro atoms. The van der Waals surface area contributed by atoms with Gasteiger partial charge in [0.05, 0.1) is 6.61 Å². The molecular formula is C26H30ClF2NO2. The third kappa shape index (κ3) is 6.10. The molecule has 1 atom stereocenters. The molecule has 1 unspecified atom stereocenters. The topological polar surface area (TPSA) is 38.3 Å². The van der Waals surface area contributed by atoms with Crippen LogP contribution in [0.15, 0.2) is 30.3 Å². The minimum Gasteiger partial charge on any atom is -0.491 e. The summed E-state index contributed by atoms with van der Waals surface area (Å²) in [4.78, 5) is 12.1. The van der Waals surface area contributed by atoms with E-state index in [1.165, 1.54) is 22.8 Å². The third-order valence-corrected chi connectivity index (χ3v) is 6.08. The number of fused-ring (bicyclic) bond motifs is 1. The van der Waals surface area contributed by atoms with Crippen LogP contribution in [-0.4, -0.2) is 12.5 Å². The molecule has 2 aromatic carbocycles. The maximum Gasteiger partial charge on any atom is 0.220 e. The Morgan fingerprint density at radius 2 is 1.94 bits per heavy atom. The van der Waals surface area contributed by atoms with Gasteiger partial charge < -0.3 is 10.1 Å².